The molecule has 2 aliphatic rings. The van der Waals surface area contributed by atoms with Crippen molar-refractivity contribution in [2.45, 2.75) is 33.1 Å². The van der Waals surface area contributed by atoms with E-state index >= 15 is 0 Å². The van der Waals surface area contributed by atoms with Gasteiger partial charge in [0.05, 0.1) is 12.5 Å². The van der Waals surface area contributed by atoms with E-state index in [1.807, 2.05) is 4.90 Å². The maximum absolute atomic E-state index is 12.4. The number of amides is 2. The lowest BCUT2D eigenvalue weighted by atomic mass is 9.92. The maximum atomic E-state index is 12.4. The third kappa shape index (κ3) is 3.95. The number of likely N-dealkylation sites (tertiary alicyclic amines) is 2. The van der Waals surface area contributed by atoms with E-state index in [1.165, 1.54) is 6.42 Å². The lowest BCUT2D eigenvalue weighted by molar-refractivity contribution is -0.136. The first kappa shape index (κ1) is 15.3. The van der Waals surface area contributed by atoms with Gasteiger partial charge >= 0.3 is 0 Å². The highest BCUT2D eigenvalue weighted by atomic mass is 16.2. The van der Waals surface area contributed by atoms with E-state index in [4.69, 9.17) is 5.73 Å². The second-order valence-corrected chi connectivity index (χ2v) is 6.72. The molecule has 2 fully saturated rings. The first-order chi connectivity index (χ1) is 9.45. The molecule has 2 heterocycles. The van der Waals surface area contributed by atoms with E-state index in [-0.39, 0.29) is 17.7 Å². The predicted molar refractivity (Wildman–Crippen MR) is 77.9 cm³/mol. The molecule has 0 aromatic carbocycles. The average Bonchev–Trinajstić information content (AvgIpc) is 2.37. The van der Waals surface area contributed by atoms with Crippen LogP contribution in [0.1, 0.15) is 33.1 Å². The molecule has 2 rings (SSSR count). The van der Waals surface area contributed by atoms with Crippen molar-refractivity contribution in [3.63, 3.8) is 0 Å². The third-order valence-corrected chi connectivity index (χ3v) is 4.48. The van der Waals surface area contributed by atoms with Gasteiger partial charge in [-0.3, -0.25) is 14.5 Å². The van der Waals surface area contributed by atoms with Gasteiger partial charge in [0.2, 0.25) is 11.8 Å². The number of rotatable bonds is 3. The SMILES string of the molecule is CC1CC(C)CN(CC(=O)N2CCCC(C(N)=O)C2)C1. The van der Waals surface area contributed by atoms with Crippen LogP contribution < -0.4 is 5.73 Å². The molecule has 0 aromatic rings. The van der Waals surface area contributed by atoms with Gasteiger partial charge in [-0.2, -0.15) is 0 Å². The highest BCUT2D eigenvalue weighted by molar-refractivity contribution is 5.81. The Hall–Kier alpha value is -1.10. The normalized spacial score (nSPS) is 32.1. The van der Waals surface area contributed by atoms with Crippen molar-refractivity contribution < 1.29 is 9.59 Å². The van der Waals surface area contributed by atoms with Crippen molar-refractivity contribution in [3.8, 4) is 0 Å². The molecule has 20 heavy (non-hydrogen) atoms. The lowest BCUT2D eigenvalue weighted by Crippen LogP contribution is -2.49. The summed E-state index contributed by atoms with van der Waals surface area (Å²) in [6.07, 6.45) is 2.95. The van der Waals surface area contributed by atoms with E-state index < -0.39 is 0 Å². The molecule has 0 saturated carbocycles. The van der Waals surface area contributed by atoms with Crippen LogP contribution in [0, 0.1) is 17.8 Å². The van der Waals surface area contributed by atoms with Crippen LogP contribution in [0.3, 0.4) is 0 Å². The van der Waals surface area contributed by atoms with E-state index in [2.05, 4.69) is 18.7 Å². The maximum Gasteiger partial charge on any atom is 0.236 e. The average molecular weight is 281 g/mol. The highest BCUT2D eigenvalue weighted by Crippen LogP contribution is 2.21. The fourth-order valence-electron chi connectivity index (χ4n) is 3.65. The van der Waals surface area contributed by atoms with E-state index in [0.29, 0.717) is 24.9 Å². The van der Waals surface area contributed by atoms with Crippen LogP contribution in [0.4, 0.5) is 0 Å². The highest BCUT2D eigenvalue weighted by Gasteiger charge is 2.29. The van der Waals surface area contributed by atoms with Crippen LogP contribution in [0.2, 0.25) is 0 Å². The number of hydrogen-bond acceptors (Lipinski definition) is 3. The Morgan fingerprint density at radius 3 is 2.40 bits per heavy atom. The van der Waals surface area contributed by atoms with Gasteiger partial charge in [-0.25, -0.2) is 0 Å². The monoisotopic (exact) mass is 281 g/mol. The minimum atomic E-state index is -0.275. The summed E-state index contributed by atoms with van der Waals surface area (Å²) in [4.78, 5) is 27.7. The summed E-state index contributed by atoms with van der Waals surface area (Å²) in [5.74, 6) is 1.03. The molecule has 0 radical (unpaired) electrons. The van der Waals surface area contributed by atoms with Crippen LogP contribution >= 0.6 is 0 Å². The summed E-state index contributed by atoms with van der Waals surface area (Å²) in [5, 5.41) is 0. The Kier molecular flexibility index (Phi) is 5.02. The molecule has 0 bridgehead atoms. The topological polar surface area (TPSA) is 66.6 Å². The van der Waals surface area contributed by atoms with E-state index in [9.17, 15) is 9.59 Å². The molecular weight excluding hydrogens is 254 g/mol. The van der Waals surface area contributed by atoms with Crippen molar-refractivity contribution >= 4 is 11.8 Å². The van der Waals surface area contributed by atoms with Gasteiger partial charge < -0.3 is 10.6 Å². The number of nitrogens with zero attached hydrogens (tertiary/aromatic N) is 2. The molecule has 3 atom stereocenters. The van der Waals surface area contributed by atoms with Crippen molar-refractivity contribution in [1.82, 2.24) is 9.80 Å². The van der Waals surface area contributed by atoms with Crippen LogP contribution in [0.15, 0.2) is 0 Å². The van der Waals surface area contributed by atoms with Gasteiger partial charge in [0.15, 0.2) is 0 Å². The second kappa shape index (κ2) is 6.57. The molecule has 5 nitrogen and oxygen atoms in total. The Bertz CT molecular complexity index is 362. The van der Waals surface area contributed by atoms with Crippen molar-refractivity contribution in [2.75, 3.05) is 32.7 Å². The third-order valence-electron chi connectivity index (χ3n) is 4.48. The molecule has 2 aliphatic heterocycles. The molecule has 5 heteroatoms. The number of hydrogen-bond donors (Lipinski definition) is 1. The molecule has 0 spiro atoms. The fraction of sp³-hybridized carbons (Fsp3) is 0.867. The Balaban J connectivity index is 1.86. The minimum absolute atomic E-state index is 0.150. The zero-order chi connectivity index (χ0) is 14.7. The Morgan fingerprint density at radius 2 is 1.80 bits per heavy atom. The lowest BCUT2D eigenvalue weighted by Gasteiger charge is -2.37. The standard InChI is InChI=1S/C15H27N3O2/c1-11-6-12(2)8-17(7-11)10-14(19)18-5-3-4-13(9-18)15(16)20/h11-13H,3-10H2,1-2H3,(H2,16,20). The van der Waals surface area contributed by atoms with Crippen LogP contribution in [-0.2, 0) is 9.59 Å². The molecule has 2 saturated heterocycles. The van der Waals surface area contributed by atoms with Gasteiger partial charge in [0, 0.05) is 26.2 Å². The zero-order valence-corrected chi connectivity index (χ0v) is 12.7. The summed E-state index contributed by atoms with van der Waals surface area (Å²) in [6, 6.07) is 0. The Morgan fingerprint density at radius 1 is 1.15 bits per heavy atom. The summed E-state index contributed by atoms with van der Waals surface area (Å²) in [7, 11) is 0. The quantitative estimate of drug-likeness (QED) is 0.827. The first-order valence-electron chi connectivity index (χ1n) is 7.75. The second-order valence-electron chi connectivity index (χ2n) is 6.72. The molecule has 0 aromatic heterocycles. The summed E-state index contributed by atoms with van der Waals surface area (Å²) in [5.41, 5.74) is 5.36. The van der Waals surface area contributed by atoms with Crippen molar-refractivity contribution in [1.29, 1.82) is 0 Å². The smallest absolute Gasteiger partial charge is 0.236 e. The first-order valence-corrected chi connectivity index (χ1v) is 7.75. The predicted octanol–water partition coefficient (Wildman–Crippen LogP) is 0.688. The van der Waals surface area contributed by atoms with Crippen LogP contribution in [0.5, 0.6) is 0 Å². The van der Waals surface area contributed by atoms with Gasteiger partial charge in [0.1, 0.15) is 0 Å². The molecule has 0 aliphatic carbocycles. The summed E-state index contributed by atoms with van der Waals surface area (Å²) >= 11 is 0. The van der Waals surface area contributed by atoms with Crippen LogP contribution in [0.25, 0.3) is 0 Å². The zero-order valence-electron chi connectivity index (χ0n) is 12.7. The fourth-order valence-corrected chi connectivity index (χ4v) is 3.65. The molecular formula is C15H27N3O2. The molecule has 114 valence electrons. The number of piperidine rings is 2. The van der Waals surface area contributed by atoms with Gasteiger partial charge in [-0.05, 0) is 31.1 Å². The number of nitrogens with two attached hydrogens (primary N) is 1. The van der Waals surface area contributed by atoms with Gasteiger partial charge in [-0.15, -0.1) is 0 Å². The van der Waals surface area contributed by atoms with Crippen molar-refractivity contribution in [3.05, 3.63) is 0 Å². The number of primary amides is 1. The Labute approximate surface area is 121 Å². The van der Waals surface area contributed by atoms with Gasteiger partial charge in [-0.1, -0.05) is 13.8 Å². The molecule has 3 unspecified atom stereocenters. The van der Waals surface area contributed by atoms with Crippen LogP contribution in [-0.4, -0.2) is 54.3 Å². The number of carbonyl (C=O) groups excluding carboxylic acids is 2. The minimum Gasteiger partial charge on any atom is -0.369 e. The van der Waals surface area contributed by atoms with E-state index in [1.54, 1.807) is 0 Å². The number of carbonyl (C=O) groups is 2. The van der Waals surface area contributed by atoms with Crippen molar-refractivity contribution in [2.24, 2.45) is 23.5 Å². The van der Waals surface area contributed by atoms with Gasteiger partial charge in [0.25, 0.3) is 0 Å². The van der Waals surface area contributed by atoms with E-state index in [0.717, 1.165) is 32.5 Å². The molecule has 2 amide bonds. The summed E-state index contributed by atoms with van der Waals surface area (Å²) < 4.78 is 0. The summed E-state index contributed by atoms with van der Waals surface area (Å²) in [6.45, 7) is 8.26. The molecule has 2 N–H and O–H groups in total. The largest absolute Gasteiger partial charge is 0.369 e.